The first-order valence-corrected chi connectivity index (χ1v) is 12.9. The molecule has 4 aliphatic rings. The van der Waals surface area contributed by atoms with Crippen LogP contribution in [-0.4, -0.2) is 69.3 Å². The van der Waals surface area contributed by atoms with Gasteiger partial charge in [-0.2, -0.15) is 10.2 Å². The number of urea groups is 1. The zero-order valence-electron chi connectivity index (χ0n) is 20.9. The third-order valence-electron chi connectivity index (χ3n) is 7.35. The van der Waals surface area contributed by atoms with Crippen LogP contribution in [0.3, 0.4) is 0 Å². The summed E-state index contributed by atoms with van der Waals surface area (Å²) in [6.45, 7) is 8.43. The van der Waals surface area contributed by atoms with Gasteiger partial charge in [0.1, 0.15) is 11.7 Å². The van der Waals surface area contributed by atoms with Gasteiger partial charge in [0.05, 0.1) is 30.0 Å². The Balaban J connectivity index is 1.26. The van der Waals surface area contributed by atoms with Crippen molar-refractivity contribution < 1.29 is 14.3 Å². The van der Waals surface area contributed by atoms with Crippen molar-refractivity contribution in [1.82, 2.24) is 15.8 Å². The summed E-state index contributed by atoms with van der Waals surface area (Å²) < 4.78 is 5.33. The molecule has 0 aromatic heterocycles. The number of ketones is 1. The van der Waals surface area contributed by atoms with Gasteiger partial charge in [0, 0.05) is 44.0 Å². The van der Waals surface area contributed by atoms with Crippen molar-refractivity contribution in [2.75, 3.05) is 62.7 Å². The lowest BCUT2D eigenvalue weighted by atomic mass is 9.98. The molecule has 2 aromatic carbocycles. The molecule has 1 aliphatic carbocycles. The number of nitrogens with one attached hydrogen (secondary N) is 3. The number of rotatable bonds is 4. The Morgan fingerprint density at radius 3 is 2.81 bits per heavy atom. The molecule has 2 amide bonds. The second-order valence-electron chi connectivity index (χ2n) is 9.73. The van der Waals surface area contributed by atoms with Crippen molar-refractivity contribution in [2.24, 2.45) is 10.2 Å². The van der Waals surface area contributed by atoms with Gasteiger partial charge in [0.15, 0.2) is 5.78 Å². The van der Waals surface area contributed by atoms with E-state index in [2.05, 4.69) is 56.3 Å². The van der Waals surface area contributed by atoms with Crippen molar-refractivity contribution in [3.05, 3.63) is 64.2 Å². The topological polar surface area (TPSA) is 111 Å². The Morgan fingerprint density at radius 2 is 1.97 bits per heavy atom. The van der Waals surface area contributed by atoms with Crippen molar-refractivity contribution in [3.8, 4) is 0 Å². The molecule has 6 rings (SSSR count). The number of ether oxygens (including phenoxy) is 1. The molecule has 3 aliphatic heterocycles. The first-order chi connectivity index (χ1) is 18.1. The summed E-state index contributed by atoms with van der Waals surface area (Å²) in [5.41, 5.74) is 8.93. The average Bonchev–Trinajstić information content (AvgIpc) is 3.32. The molecule has 3 heterocycles. The molecule has 0 bridgehead atoms. The summed E-state index contributed by atoms with van der Waals surface area (Å²) in [5.74, 6) is -0.135. The fourth-order valence-corrected chi connectivity index (χ4v) is 5.48. The smallest absolute Gasteiger partial charge is 0.333 e. The lowest BCUT2D eigenvalue weighted by Crippen LogP contribution is -2.49. The van der Waals surface area contributed by atoms with Crippen LogP contribution >= 0.6 is 0 Å². The number of carbonyl (C=O) groups excluding carboxylic acids is 2. The summed E-state index contributed by atoms with van der Waals surface area (Å²) in [4.78, 5) is 28.8. The van der Waals surface area contributed by atoms with Gasteiger partial charge in [-0.1, -0.05) is 18.2 Å². The summed E-state index contributed by atoms with van der Waals surface area (Å²) in [6.07, 6.45) is 1.11. The number of anilines is 2. The second-order valence-corrected chi connectivity index (χ2v) is 9.73. The highest BCUT2D eigenvalue weighted by Crippen LogP contribution is 2.49. The Kier molecular flexibility index (Phi) is 6.45. The number of fused-ring (bicyclic) bond motifs is 3. The minimum Gasteiger partial charge on any atom is -0.379 e. The van der Waals surface area contributed by atoms with Crippen LogP contribution in [0.15, 0.2) is 52.2 Å². The van der Waals surface area contributed by atoms with Gasteiger partial charge < -0.3 is 20.3 Å². The Bertz CT molecular complexity index is 1290. The van der Waals surface area contributed by atoms with Crippen LogP contribution in [0.1, 0.15) is 39.5 Å². The highest BCUT2D eigenvalue weighted by atomic mass is 16.5. The fourth-order valence-electron chi connectivity index (χ4n) is 5.48. The molecular formula is C27H31N7O3. The van der Waals surface area contributed by atoms with Crippen molar-refractivity contribution >= 4 is 28.9 Å². The SMILES string of the molecule is Cc1cc(N2CCCNCC2)ccc1C1=C2C(=O)c3c(NC(=O)NN4CCOCC4)cccc3C2N=N1. The number of Topliss-reactive ketones (excluding diaryl/α,β-unsaturated/α-hetero) is 1. The number of azo groups is 1. The van der Waals surface area contributed by atoms with Crippen LogP contribution in [0.4, 0.5) is 16.2 Å². The van der Waals surface area contributed by atoms with Crippen LogP contribution in [0.2, 0.25) is 0 Å². The van der Waals surface area contributed by atoms with E-state index in [9.17, 15) is 9.59 Å². The van der Waals surface area contributed by atoms with Crippen LogP contribution in [-0.2, 0) is 4.74 Å². The number of morpholine rings is 1. The van der Waals surface area contributed by atoms with Crippen LogP contribution in [0.5, 0.6) is 0 Å². The van der Waals surface area contributed by atoms with Gasteiger partial charge in [-0.3, -0.25) is 10.2 Å². The summed E-state index contributed by atoms with van der Waals surface area (Å²) >= 11 is 0. The van der Waals surface area contributed by atoms with Gasteiger partial charge in [-0.15, -0.1) is 0 Å². The number of amides is 2. The first-order valence-electron chi connectivity index (χ1n) is 12.9. The number of carbonyl (C=O) groups is 2. The lowest BCUT2D eigenvalue weighted by Gasteiger charge is -2.27. The molecule has 0 spiro atoms. The van der Waals surface area contributed by atoms with Crippen molar-refractivity contribution in [1.29, 1.82) is 0 Å². The number of aryl methyl sites for hydroxylation is 1. The minimum atomic E-state index is -0.447. The second kappa shape index (κ2) is 10.0. The molecule has 1 atom stereocenters. The molecule has 1 unspecified atom stereocenters. The molecule has 10 heteroatoms. The number of hydrogen-bond donors (Lipinski definition) is 3. The number of hydrazine groups is 1. The quantitative estimate of drug-likeness (QED) is 0.593. The third-order valence-corrected chi connectivity index (χ3v) is 7.35. The maximum absolute atomic E-state index is 13.7. The van der Waals surface area contributed by atoms with E-state index < -0.39 is 6.04 Å². The van der Waals surface area contributed by atoms with Gasteiger partial charge in [-0.25, -0.2) is 9.80 Å². The van der Waals surface area contributed by atoms with Crippen molar-refractivity contribution in [3.63, 3.8) is 0 Å². The normalized spacial score (nSPS) is 21.6. The third kappa shape index (κ3) is 4.52. The van der Waals surface area contributed by atoms with E-state index in [1.165, 1.54) is 5.69 Å². The Morgan fingerprint density at radius 1 is 1.11 bits per heavy atom. The summed E-state index contributed by atoms with van der Waals surface area (Å²) in [6, 6.07) is 11.0. The summed E-state index contributed by atoms with van der Waals surface area (Å²) in [5, 5.41) is 17.1. The number of benzene rings is 2. The maximum atomic E-state index is 13.7. The maximum Gasteiger partial charge on any atom is 0.333 e. The van der Waals surface area contributed by atoms with Crippen LogP contribution in [0.25, 0.3) is 5.70 Å². The molecular weight excluding hydrogens is 470 g/mol. The highest BCUT2D eigenvalue weighted by molar-refractivity contribution is 6.22. The van der Waals surface area contributed by atoms with E-state index in [0.29, 0.717) is 48.8 Å². The van der Waals surface area contributed by atoms with Gasteiger partial charge in [-0.05, 0) is 49.2 Å². The molecule has 3 N–H and O–H groups in total. The largest absolute Gasteiger partial charge is 0.379 e. The van der Waals surface area contributed by atoms with Crippen LogP contribution < -0.4 is 21.0 Å². The highest BCUT2D eigenvalue weighted by Gasteiger charge is 2.42. The zero-order valence-corrected chi connectivity index (χ0v) is 20.9. The minimum absolute atomic E-state index is 0.135. The van der Waals surface area contributed by atoms with E-state index >= 15 is 0 Å². The Hall–Kier alpha value is -3.60. The fraction of sp³-hybridized carbons (Fsp3) is 0.407. The molecule has 0 radical (unpaired) electrons. The van der Waals surface area contributed by atoms with Gasteiger partial charge >= 0.3 is 6.03 Å². The summed E-state index contributed by atoms with van der Waals surface area (Å²) in [7, 11) is 0. The number of nitrogens with zero attached hydrogens (tertiary/aromatic N) is 4. The monoisotopic (exact) mass is 501 g/mol. The molecule has 37 heavy (non-hydrogen) atoms. The van der Waals surface area contributed by atoms with E-state index in [1.54, 1.807) is 6.07 Å². The molecule has 0 saturated carbocycles. The van der Waals surface area contributed by atoms with E-state index in [0.717, 1.165) is 49.3 Å². The van der Waals surface area contributed by atoms with Crippen molar-refractivity contribution in [2.45, 2.75) is 19.4 Å². The molecule has 2 aromatic rings. The predicted octanol–water partition coefficient (Wildman–Crippen LogP) is 3.28. The van der Waals surface area contributed by atoms with E-state index in [1.807, 2.05) is 17.1 Å². The van der Waals surface area contributed by atoms with E-state index in [-0.39, 0.29) is 11.8 Å². The molecule has 2 fully saturated rings. The number of hydrogen-bond acceptors (Lipinski definition) is 8. The Labute approximate surface area is 215 Å². The molecule has 2 saturated heterocycles. The predicted molar refractivity (Wildman–Crippen MR) is 141 cm³/mol. The van der Waals surface area contributed by atoms with Gasteiger partial charge in [0.2, 0.25) is 0 Å². The van der Waals surface area contributed by atoms with E-state index in [4.69, 9.17) is 4.74 Å². The molecule has 192 valence electrons. The molecule has 10 nitrogen and oxygen atoms in total. The lowest BCUT2D eigenvalue weighted by molar-refractivity contribution is 0.0207. The first kappa shape index (κ1) is 23.8. The standard InChI is InChI=1S/C27H31N7O3/c1-17-16-18(33-10-3-8-28-9-11-33)6-7-19(17)24-23-25(31-30-24)20-4-2-5-21(22(20)26(23)35)29-27(36)32-34-12-14-37-15-13-34/h2,4-7,16,25,28H,3,8-15H2,1H3,(H2,29,32,36). The zero-order chi connectivity index (χ0) is 25.4. The van der Waals surface area contributed by atoms with Gasteiger partial charge in [0.25, 0.3) is 0 Å². The van der Waals surface area contributed by atoms with Crippen LogP contribution in [0, 0.1) is 6.92 Å². The average molecular weight is 502 g/mol.